The molecule has 0 aromatic heterocycles. The number of benzene rings is 3. The van der Waals surface area contributed by atoms with Crippen LogP contribution < -0.4 is 5.32 Å². The predicted octanol–water partition coefficient (Wildman–Crippen LogP) is 7.09. The van der Waals surface area contributed by atoms with Crippen molar-refractivity contribution in [1.29, 1.82) is 0 Å². The number of hydrogen-bond acceptors (Lipinski definition) is 3. The molecule has 0 bridgehead atoms. The minimum Gasteiger partial charge on any atom is -0.324 e. The lowest BCUT2D eigenvalue weighted by atomic mass is 10.2. The molecular weight excluding hydrogens is 550 g/mol. The van der Waals surface area contributed by atoms with Gasteiger partial charge in [0.2, 0.25) is 15.9 Å². The van der Waals surface area contributed by atoms with Crippen LogP contribution in [0.2, 0.25) is 25.1 Å². The van der Waals surface area contributed by atoms with Crippen LogP contribution in [0.5, 0.6) is 0 Å². The average Bonchev–Trinajstić information content (AvgIpc) is 2.73. The fourth-order valence-electron chi connectivity index (χ4n) is 2.89. The number of amides is 1. The SMILES string of the molecule is Cc1ccc(S(=O)(=O)N(CC(=O)Nc2cc(Cl)c(Cl)cc2Cl)Cc2ccc(Cl)cc2Cl)cc1. The number of rotatable bonds is 7. The number of aryl methyl sites for hydroxylation is 1. The topological polar surface area (TPSA) is 66.5 Å². The summed E-state index contributed by atoms with van der Waals surface area (Å²) >= 11 is 30.3. The second-order valence-electron chi connectivity index (χ2n) is 7.12. The van der Waals surface area contributed by atoms with E-state index >= 15 is 0 Å². The Kier molecular flexibility index (Phi) is 8.56. The van der Waals surface area contributed by atoms with Gasteiger partial charge in [-0.2, -0.15) is 4.31 Å². The van der Waals surface area contributed by atoms with E-state index in [1.165, 1.54) is 30.3 Å². The van der Waals surface area contributed by atoms with Gasteiger partial charge in [-0.1, -0.05) is 81.8 Å². The van der Waals surface area contributed by atoms with E-state index in [9.17, 15) is 13.2 Å². The highest BCUT2D eigenvalue weighted by Gasteiger charge is 2.28. The van der Waals surface area contributed by atoms with Crippen molar-refractivity contribution in [2.75, 3.05) is 11.9 Å². The Morgan fingerprint density at radius 3 is 2.12 bits per heavy atom. The lowest BCUT2D eigenvalue weighted by Gasteiger charge is -2.23. The molecule has 1 N–H and O–H groups in total. The van der Waals surface area contributed by atoms with Crippen molar-refractivity contribution in [2.45, 2.75) is 18.4 Å². The molecule has 3 rings (SSSR count). The number of nitrogens with zero attached hydrogens (tertiary/aromatic N) is 1. The number of sulfonamides is 1. The third kappa shape index (κ3) is 6.55. The molecule has 0 saturated carbocycles. The van der Waals surface area contributed by atoms with Gasteiger partial charge >= 0.3 is 0 Å². The molecule has 0 atom stereocenters. The van der Waals surface area contributed by atoms with Crippen molar-refractivity contribution >= 4 is 79.6 Å². The van der Waals surface area contributed by atoms with Crippen LogP contribution in [0.3, 0.4) is 0 Å². The van der Waals surface area contributed by atoms with Gasteiger partial charge < -0.3 is 5.32 Å². The first-order valence-electron chi connectivity index (χ1n) is 9.42. The standard InChI is InChI=1S/C22H17Cl5N2O3S/c1-13-2-6-16(7-3-13)33(31,32)29(11-14-4-5-15(23)8-17(14)24)12-22(30)28-21-10-19(26)18(25)9-20(21)27/h2-10H,11-12H2,1H3,(H,28,30). The molecule has 0 heterocycles. The first-order chi connectivity index (χ1) is 15.5. The Morgan fingerprint density at radius 2 is 1.48 bits per heavy atom. The summed E-state index contributed by atoms with van der Waals surface area (Å²) in [7, 11) is -4.05. The molecule has 0 aliphatic heterocycles. The maximum Gasteiger partial charge on any atom is 0.243 e. The van der Waals surface area contributed by atoms with Gasteiger partial charge in [0.1, 0.15) is 0 Å². The first-order valence-corrected chi connectivity index (χ1v) is 12.8. The highest BCUT2D eigenvalue weighted by molar-refractivity contribution is 7.89. The second-order valence-corrected chi connectivity index (χ2v) is 11.1. The first kappa shape index (κ1) is 26.1. The molecule has 3 aromatic rings. The maximum absolute atomic E-state index is 13.4. The summed E-state index contributed by atoms with van der Waals surface area (Å²) in [5.41, 5.74) is 1.58. The molecule has 33 heavy (non-hydrogen) atoms. The number of carbonyl (C=O) groups excluding carboxylic acids is 1. The highest BCUT2D eigenvalue weighted by atomic mass is 35.5. The summed E-state index contributed by atoms with van der Waals surface area (Å²) in [5.74, 6) is -0.629. The second kappa shape index (κ2) is 10.8. The van der Waals surface area contributed by atoms with Gasteiger partial charge in [0.25, 0.3) is 0 Å². The van der Waals surface area contributed by atoms with Crippen molar-refractivity contribution in [3.63, 3.8) is 0 Å². The summed E-state index contributed by atoms with van der Waals surface area (Å²) < 4.78 is 27.8. The Labute approximate surface area is 217 Å². The van der Waals surface area contributed by atoms with E-state index in [0.29, 0.717) is 10.6 Å². The molecule has 0 aliphatic carbocycles. The fraction of sp³-hybridized carbons (Fsp3) is 0.136. The molecule has 0 aliphatic rings. The van der Waals surface area contributed by atoms with Crippen molar-refractivity contribution in [2.24, 2.45) is 0 Å². The van der Waals surface area contributed by atoms with Crippen LogP contribution in [0.25, 0.3) is 0 Å². The molecule has 1 amide bonds. The Morgan fingerprint density at radius 1 is 0.848 bits per heavy atom. The minimum absolute atomic E-state index is 0.0403. The third-order valence-electron chi connectivity index (χ3n) is 4.62. The summed E-state index contributed by atoms with van der Waals surface area (Å²) in [4.78, 5) is 12.9. The monoisotopic (exact) mass is 564 g/mol. The van der Waals surface area contributed by atoms with E-state index in [2.05, 4.69) is 5.32 Å². The van der Waals surface area contributed by atoms with Gasteiger partial charge in [-0.15, -0.1) is 0 Å². The van der Waals surface area contributed by atoms with Crippen LogP contribution in [0.4, 0.5) is 5.69 Å². The van der Waals surface area contributed by atoms with Gasteiger partial charge in [0.05, 0.1) is 32.2 Å². The van der Waals surface area contributed by atoms with E-state index in [-0.39, 0.29) is 37.2 Å². The smallest absolute Gasteiger partial charge is 0.243 e. The molecular formula is C22H17Cl5N2O3S. The van der Waals surface area contributed by atoms with E-state index < -0.39 is 22.5 Å². The summed E-state index contributed by atoms with van der Waals surface area (Å²) in [6, 6.07) is 13.8. The number of nitrogens with one attached hydrogen (secondary N) is 1. The van der Waals surface area contributed by atoms with Crippen molar-refractivity contribution in [3.8, 4) is 0 Å². The quantitative estimate of drug-likeness (QED) is 0.311. The largest absolute Gasteiger partial charge is 0.324 e. The predicted molar refractivity (Wildman–Crippen MR) is 135 cm³/mol. The Hall–Kier alpha value is -1.51. The third-order valence-corrected chi connectivity index (χ3v) is 8.05. The van der Waals surface area contributed by atoms with Crippen LogP contribution >= 0.6 is 58.0 Å². The molecule has 0 spiro atoms. The number of anilines is 1. The molecule has 11 heteroatoms. The fourth-order valence-corrected chi connectivity index (χ4v) is 5.33. The zero-order valence-electron chi connectivity index (χ0n) is 17.1. The van der Waals surface area contributed by atoms with E-state index in [1.807, 2.05) is 6.92 Å². The van der Waals surface area contributed by atoms with Crippen LogP contribution in [-0.2, 0) is 21.4 Å². The van der Waals surface area contributed by atoms with Crippen LogP contribution in [0.15, 0.2) is 59.5 Å². The Bertz CT molecular complexity index is 1300. The minimum atomic E-state index is -4.05. The van der Waals surface area contributed by atoms with E-state index in [0.717, 1.165) is 9.87 Å². The van der Waals surface area contributed by atoms with Gasteiger partial charge in [0.15, 0.2) is 0 Å². The maximum atomic E-state index is 13.4. The lowest BCUT2D eigenvalue weighted by molar-refractivity contribution is -0.116. The number of halogens is 5. The zero-order chi connectivity index (χ0) is 24.3. The average molecular weight is 567 g/mol. The molecule has 0 unspecified atom stereocenters. The molecule has 3 aromatic carbocycles. The highest BCUT2D eigenvalue weighted by Crippen LogP contribution is 2.32. The molecule has 0 saturated heterocycles. The normalized spacial score (nSPS) is 11.6. The molecule has 0 fully saturated rings. The Balaban J connectivity index is 1.93. The number of hydrogen-bond donors (Lipinski definition) is 1. The van der Waals surface area contributed by atoms with Crippen LogP contribution in [-0.4, -0.2) is 25.2 Å². The van der Waals surface area contributed by atoms with Gasteiger partial charge in [-0.25, -0.2) is 8.42 Å². The van der Waals surface area contributed by atoms with Gasteiger partial charge in [-0.3, -0.25) is 4.79 Å². The van der Waals surface area contributed by atoms with E-state index in [4.69, 9.17) is 58.0 Å². The summed E-state index contributed by atoms with van der Waals surface area (Å²) in [6.45, 7) is 1.18. The summed E-state index contributed by atoms with van der Waals surface area (Å²) in [5, 5.41) is 3.83. The molecule has 0 radical (unpaired) electrons. The van der Waals surface area contributed by atoms with Crippen molar-refractivity contribution in [3.05, 3.63) is 90.8 Å². The lowest BCUT2D eigenvalue weighted by Crippen LogP contribution is -2.37. The van der Waals surface area contributed by atoms with Gasteiger partial charge in [-0.05, 0) is 48.9 Å². The van der Waals surface area contributed by atoms with Crippen molar-refractivity contribution < 1.29 is 13.2 Å². The van der Waals surface area contributed by atoms with Crippen molar-refractivity contribution in [1.82, 2.24) is 4.31 Å². The number of carbonyl (C=O) groups is 1. The zero-order valence-corrected chi connectivity index (χ0v) is 21.7. The van der Waals surface area contributed by atoms with Crippen LogP contribution in [0.1, 0.15) is 11.1 Å². The molecule has 5 nitrogen and oxygen atoms in total. The summed E-state index contributed by atoms with van der Waals surface area (Å²) in [6.07, 6.45) is 0. The molecule has 174 valence electrons. The van der Waals surface area contributed by atoms with E-state index in [1.54, 1.807) is 24.3 Å². The van der Waals surface area contributed by atoms with Gasteiger partial charge in [0, 0.05) is 16.6 Å². The van der Waals surface area contributed by atoms with Crippen LogP contribution in [0, 0.1) is 6.92 Å².